The zero-order chi connectivity index (χ0) is 16.9. The van der Waals surface area contributed by atoms with Gasteiger partial charge >= 0.3 is 0 Å². The molecule has 8 heteroatoms. The Morgan fingerprint density at radius 3 is 2.92 bits per heavy atom. The van der Waals surface area contributed by atoms with E-state index < -0.39 is 6.04 Å². The largest absolute Gasteiger partial charge is 0.359 e. The third-order valence-corrected chi connectivity index (χ3v) is 4.07. The van der Waals surface area contributed by atoms with Crippen molar-refractivity contribution in [3.05, 3.63) is 42.5 Å². The lowest BCUT2D eigenvalue weighted by molar-refractivity contribution is -0.134. The second kappa shape index (κ2) is 7.22. The second-order valence-electron chi connectivity index (χ2n) is 5.57. The predicted octanol–water partition coefficient (Wildman–Crippen LogP) is -0.296. The van der Waals surface area contributed by atoms with Crippen molar-refractivity contribution in [1.29, 1.82) is 0 Å². The third-order valence-electron chi connectivity index (χ3n) is 4.07. The van der Waals surface area contributed by atoms with Crippen LogP contribution >= 0.6 is 0 Å². The summed E-state index contributed by atoms with van der Waals surface area (Å²) in [5, 5.41) is 5.40. The number of nitrogens with zero attached hydrogens (tertiary/aromatic N) is 4. The molecule has 1 atom stereocenters. The molecule has 2 aromatic rings. The van der Waals surface area contributed by atoms with E-state index in [1.165, 1.54) is 0 Å². The number of rotatable bonds is 5. The van der Waals surface area contributed by atoms with E-state index in [4.69, 9.17) is 0 Å². The van der Waals surface area contributed by atoms with Gasteiger partial charge in [0.1, 0.15) is 0 Å². The van der Waals surface area contributed by atoms with Gasteiger partial charge in [0.05, 0.1) is 12.5 Å². The molecule has 24 heavy (non-hydrogen) atoms. The van der Waals surface area contributed by atoms with Crippen LogP contribution in [0.3, 0.4) is 0 Å². The summed E-state index contributed by atoms with van der Waals surface area (Å²) in [6.45, 7) is 1.81. The summed E-state index contributed by atoms with van der Waals surface area (Å²) in [5.41, 5.74) is 0.970. The van der Waals surface area contributed by atoms with Crippen LogP contribution < -0.4 is 10.6 Å². The minimum atomic E-state index is -0.473. The summed E-state index contributed by atoms with van der Waals surface area (Å²) in [7, 11) is 1.57. The number of nitrogens with one attached hydrogen (secondary N) is 2. The van der Waals surface area contributed by atoms with Gasteiger partial charge in [-0.3, -0.25) is 19.1 Å². The zero-order valence-electron chi connectivity index (χ0n) is 13.5. The van der Waals surface area contributed by atoms with Crippen LogP contribution in [0, 0.1) is 0 Å². The van der Waals surface area contributed by atoms with Gasteiger partial charge in [-0.1, -0.05) is 0 Å². The number of carbonyl (C=O) groups is 2. The van der Waals surface area contributed by atoms with Crippen LogP contribution in [-0.4, -0.2) is 57.4 Å². The first kappa shape index (κ1) is 16.1. The summed E-state index contributed by atoms with van der Waals surface area (Å²) in [6, 6.07) is 5.18. The highest BCUT2D eigenvalue weighted by Gasteiger charge is 2.31. The molecule has 0 saturated carbocycles. The van der Waals surface area contributed by atoms with Crippen LogP contribution in [0.2, 0.25) is 0 Å². The van der Waals surface area contributed by atoms with Gasteiger partial charge in [-0.05, 0) is 18.2 Å². The highest BCUT2D eigenvalue weighted by molar-refractivity contribution is 5.88. The maximum absolute atomic E-state index is 12.2. The molecule has 1 aliphatic rings. The van der Waals surface area contributed by atoms with E-state index in [0.717, 1.165) is 5.69 Å². The Hall–Kier alpha value is -2.74. The monoisotopic (exact) mass is 328 g/mol. The Morgan fingerprint density at radius 1 is 1.38 bits per heavy atom. The molecule has 1 unspecified atom stereocenters. The maximum atomic E-state index is 12.2. The van der Waals surface area contributed by atoms with Gasteiger partial charge in [-0.2, -0.15) is 0 Å². The van der Waals surface area contributed by atoms with Crippen LogP contribution in [0.5, 0.6) is 0 Å². The third kappa shape index (κ3) is 3.43. The first-order chi connectivity index (χ1) is 11.7. The molecule has 2 aromatic heterocycles. The summed E-state index contributed by atoms with van der Waals surface area (Å²) in [4.78, 5) is 34.4. The maximum Gasteiger partial charge on any atom is 0.237 e. The van der Waals surface area contributed by atoms with E-state index in [1.54, 1.807) is 25.5 Å². The Labute approximate surface area is 139 Å². The van der Waals surface area contributed by atoms with E-state index >= 15 is 0 Å². The van der Waals surface area contributed by atoms with Gasteiger partial charge in [0, 0.05) is 51.0 Å². The lowest BCUT2D eigenvalue weighted by Crippen LogP contribution is -2.56. The average Bonchev–Trinajstić information content (AvgIpc) is 3.06. The zero-order valence-corrected chi connectivity index (χ0v) is 13.5. The predicted molar refractivity (Wildman–Crippen MR) is 87.3 cm³/mol. The summed E-state index contributed by atoms with van der Waals surface area (Å²) in [5.74, 6) is 0.324. The first-order valence-electron chi connectivity index (χ1n) is 7.85. The lowest BCUT2D eigenvalue weighted by atomic mass is 10.1. The number of aromatic nitrogens is 3. The van der Waals surface area contributed by atoms with Crippen LogP contribution in [0.1, 0.15) is 12.1 Å². The first-order valence-corrected chi connectivity index (χ1v) is 7.85. The molecule has 2 N–H and O–H groups in total. The summed E-state index contributed by atoms with van der Waals surface area (Å²) < 4.78 is 1.89. The SMILES string of the molecule is CNC(=O)CC1C(=O)NCCN1Cc1cccn1-c1ncccn1. The molecule has 126 valence electrons. The molecule has 1 saturated heterocycles. The van der Waals surface area contributed by atoms with Crippen LogP contribution in [0.15, 0.2) is 36.8 Å². The van der Waals surface area contributed by atoms with Crippen molar-refractivity contribution < 1.29 is 9.59 Å². The number of piperazine rings is 1. The standard InChI is InChI=1S/C16H20N6O2/c1-17-14(23)10-13-15(24)18-7-9-21(13)11-12-4-2-8-22(12)16-19-5-3-6-20-16/h2-6,8,13H,7,9-11H2,1H3,(H,17,23)(H,18,24). The van der Waals surface area contributed by atoms with Gasteiger partial charge in [-0.15, -0.1) is 0 Å². The van der Waals surface area contributed by atoms with Crippen molar-refractivity contribution in [2.24, 2.45) is 0 Å². The van der Waals surface area contributed by atoms with Gasteiger partial charge < -0.3 is 10.6 Å². The average molecular weight is 328 g/mol. The van der Waals surface area contributed by atoms with E-state index in [2.05, 4.69) is 20.6 Å². The molecule has 0 aliphatic carbocycles. The second-order valence-corrected chi connectivity index (χ2v) is 5.57. The smallest absolute Gasteiger partial charge is 0.237 e. The van der Waals surface area contributed by atoms with Crippen LogP contribution in [0.4, 0.5) is 0 Å². The van der Waals surface area contributed by atoms with Crippen molar-refractivity contribution in [2.75, 3.05) is 20.1 Å². The van der Waals surface area contributed by atoms with E-state index in [1.807, 2.05) is 27.8 Å². The van der Waals surface area contributed by atoms with Crippen molar-refractivity contribution in [3.8, 4) is 5.95 Å². The van der Waals surface area contributed by atoms with Gasteiger partial charge in [0.25, 0.3) is 0 Å². The Morgan fingerprint density at radius 2 is 2.17 bits per heavy atom. The molecule has 0 bridgehead atoms. The quantitative estimate of drug-likeness (QED) is 0.786. The molecular weight excluding hydrogens is 308 g/mol. The number of hydrogen-bond donors (Lipinski definition) is 2. The Bertz CT molecular complexity index is 714. The Kier molecular flexibility index (Phi) is 4.85. The number of hydrogen-bond acceptors (Lipinski definition) is 5. The fourth-order valence-corrected chi connectivity index (χ4v) is 2.81. The van der Waals surface area contributed by atoms with E-state index in [-0.39, 0.29) is 18.2 Å². The highest BCUT2D eigenvalue weighted by atomic mass is 16.2. The Balaban J connectivity index is 1.80. The molecule has 0 spiro atoms. The highest BCUT2D eigenvalue weighted by Crippen LogP contribution is 2.16. The molecule has 2 amide bonds. The molecule has 3 rings (SSSR count). The molecule has 0 aromatic carbocycles. The molecule has 0 radical (unpaired) electrons. The van der Waals surface area contributed by atoms with Crippen LogP contribution in [-0.2, 0) is 16.1 Å². The molecule has 8 nitrogen and oxygen atoms in total. The lowest BCUT2D eigenvalue weighted by Gasteiger charge is -2.34. The van der Waals surface area contributed by atoms with Crippen molar-refractivity contribution in [2.45, 2.75) is 19.0 Å². The molecular formula is C16H20N6O2. The van der Waals surface area contributed by atoms with Gasteiger partial charge in [0.15, 0.2) is 0 Å². The van der Waals surface area contributed by atoms with Crippen LogP contribution in [0.25, 0.3) is 5.95 Å². The van der Waals surface area contributed by atoms with E-state index in [9.17, 15) is 9.59 Å². The molecule has 1 fully saturated rings. The molecule has 3 heterocycles. The minimum Gasteiger partial charge on any atom is -0.359 e. The fourth-order valence-electron chi connectivity index (χ4n) is 2.81. The summed E-state index contributed by atoms with van der Waals surface area (Å²) in [6.07, 6.45) is 5.41. The normalized spacial score (nSPS) is 18.2. The van der Waals surface area contributed by atoms with Gasteiger partial charge in [-0.25, -0.2) is 9.97 Å². The van der Waals surface area contributed by atoms with E-state index in [0.29, 0.717) is 25.6 Å². The van der Waals surface area contributed by atoms with Gasteiger partial charge in [0.2, 0.25) is 17.8 Å². The van der Waals surface area contributed by atoms with Crippen molar-refractivity contribution in [1.82, 2.24) is 30.1 Å². The number of amides is 2. The number of carbonyl (C=O) groups excluding carboxylic acids is 2. The summed E-state index contributed by atoms with van der Waals surface area (Å²) >= 11 is 0. The van der Waals surface area contributed by atoms with Crippen molar-refractivity contribution >= 4 is 11.8 Å². The molecule has 1 aliphatic heterocycles. The van der Waals surface area contributed by atoms with Crippen molar-refractivity contribution in [3.63, 3.8) is 0 Å². The minimum absolute atomic E-state index is 0.112. The topological polar surface area (TPSA) is 92.2 Å². The fraction of sp³-hybridized carbons (Fsp3) is 0.375.